The van der Waals surface area contributed by atoms with Crippen LogP contribution in [0.4, 0.5) is 0 Å². The van der Waals surface area contributed by atoms with E-state index in [1.54, 1.807) is 0 Å². The molecule has 0 aliphatic heterocycles. The van der Waals surface area contributed by atoms with Crippen molar-refractivity contribution in [1.29, 1.82) is 0 Å². The van der Waals surface area contributed by atoms with E-state index in [4.69, 9.17) is 14.2 Å². The highest BCUT2D eigenvalue weighted by Gasteiger charge is 2.19. The number of esters is 3. The SMILES string of the molecule is CC/C=C\C/C=C\C/C=C\C/C=C\CCCCCC(=O)OCC(COC(=O)CCCCC/C=C\C=C/CCCCCCCCC)OC(=O)CCCCCCCC/C=C\C/C=C\C/C=C\CC. The molecule has 0 saturated carbocycles. The average molecular weight is 915 g/mol. The lowest BCUT2D eigenvalue weighted by Crippen LogP contribution is -2.30. The summed E-state index contributed by atoms with van der Waals surface area (Å²) in [6.45, 7) is 6.34. The highest BCUT2D eigenvalue weighted by atomic mass is 16.6. The van der Waals surface area contributed by atoms with Gasteiger partial charge in [0.25, 0.3) is 0 Å². The van der Waals surface area contributed by atoms with Gasteiger partial charge in [-0.25, -0.2) is 0 Å². The van der Waals surface area contributed by atoms with E-state index < -0.39 is 6.10 Å². The van der Waals surface area contributed by atoms with Crippen molar-refractivity contribution in [2.24, 2.45) is 0 Å². The maximum Gasteiger partial charge on any atom is 0.306 e. The van der Waals surface area contributed by atoms with Gasteiger partial charge in [-0.2, -0.15) is 0 Å². The first-order valence-corrected chi connectivity index (χ1v) is 26.9. The first-order valence-electron chi connectivity index (χ1n) is 26.9. The maximum absolute atomic E-state index is 12.8. The van der Waals surface area contributed by atoms with Gasteiger partial charge in [0.05, 0.1) is 0 Å². The Labute approximate surface area is 406 Å². The van der Waals surface area contributed by atoms with Crippen molar-refractivity contribution in [3.05, 3.63) is 109 Å². The summed E-state index contributed by atoms with van der Waals surface area (Å²) in [5.41, 5.74) is 0. The lowest BCUT2D eigenvalue weighted by molar-refractivity contribution is -0.167. The van der Waals surface area contributed by atoms with Gasteiger partial charge >= 0.3 is 17.9 Å². The van der Waals surface area contributed by atoms with Gasteiger partial charge in [-0.05, 0) is 116 Å². The van der Waals surface area contributed by atoms with Crippen LogP contribution in [0.1, 0.15) is 233 Å². The molecule has 0 aromatic rings. The smallest absolute Gasteiger partial charge is 0.306 e. The van der Waals surface area contributed by atoms with Crippen LogP contribution in [0.3, 0.4) is 0 Å². The minimum Gasteiger partial charge on any atom is -0.462 e. The molecule has 0 bridgehead atoms. The molecule has 0 radical (unpaired) electrons. The highest BCUT2D eigenvalue weighted by molar-refractivity contribution is 5.71. The molecule has 0 heterocycles. The molecule has 0 spiro atoms. The minimum absolute atomic E-state index is 0.109. The van der Waals surface area contributed by atoms with Gasteiger partial charge in [-0.1, -0.05) is 207 Å². The lowest BCUT2D eigenvalue weighted by atomic mass is 10.1. The van der Waals surface area contributed by atoms with Crippen LogP contribution in [0.2, 0.25) is 0 Å². The Kier molecular flexibility index (Phi) is 50.5. The molecule has 0 aliphatic rings. The third-order valence-corrected chi connectivity index (χ3v) is 11.0. The zero-order chi connectivity index (χ0) is 47.9. The largest absolute Gasteiger partial charge is 0.462 e. The standard InChI is InChI=1S/C60H98O6/c1-4-7-10-13-16-19-22-25-28-31-34-37-40-43-46-49-52-58(61)64-55-57(66-60(63)54-51-48-45-42-39-36-33-30-27-24-21-18-15-12-9-6-3)56-65-59(62)53-50-47-44-41-38-35-32-29-26-23-20-17-14-11-8-5-2/h7,9-10,12,16,18-19,21,25,27-30,32,34-35,37-38,57H,4-6,8,11,13-15,17,20,22-24,26,31,33,36,39-56H2,1-3H3/b10-7-,12-9-,19-16-,21-18-,28-25-,30-27-,32-29-,37-34-,38-35-. The van der Waals surface area contributed by atoms with Gasteiger partial charge in [0, 0.05) is 19.3 Å². The van der Waals surface area contributed by atoms with Crippen molar-refractivity contribution in [2.45, 2.75) is 239 Å². The summed E-state index contributed by atoms with van der Waals surface area (Å²) in [5, 5.41) is 0. The van der Waals surface area contributed by atoms with Gasteiger partial charge < -0.3 is 14.2 Å². The number of carbonyl (C=O) groups is 3. The summed E-state index contributed by atoms with van der Waals surface area (Å²) < 4.78 is 16.8. The molecule has 0 aliphatic carbocycles. The summed E-state index contributed by atoms with van der Waals surface area (Å²) in [7, 11) is 0. The first-order chi connectivity index (χ1) is 32.5. The van der Waals surface area contributed by atoms with Crippen molar-refractivity contribution >= 4 is 17.9 Å². The zero-order valence-corrected chi connectivity index (χ0v) is 42.7. The van der Waals surface area contributed by atoms with Crippen LogP contribution in [-0.4, -0.2) is 37.2 Å². The molecule has 0 saturated heterocycles. The molecule has 6 nitrogen and oxygen atoms in total. The highest BCUT2D eigenvalue weighted by Crippen LogP contribution is 2.13. The Morgan fingerprint density at radius 1 is 0.333 bits per heavy atom. The Morgan fingerprint density at radius 2 is 0.636 bits per heavy atom. The van der Waals surface area contributed by atoms with Gasteiger partial charge in [-0.3, -0.25) is 14.4 Å². The fraction of sp³-hybridized carbons (Fsp3) is 0.650. The maximum atomic E-state index is 12.8. The number of unbranched alkanes of at least 4 members (excludes halogenated alkanes) is 19. The quantitative estimate of drug-likeness (QED) is 0.0199. The monoisotopic (exact) mass is 915 g/mol. The summed E-state index contributed by atoms with van der Waals surface area (Å²) >= 11 is 0. The van der Waals surface area contributed by atoms with E-state index in [2.05, 4.69) is 130 Å². The van der Waals surface area contributed by atoms with E-state index >= 15 is 0 Å². The average Bonchev–Trinajstić information content (AvgIpc) is 3.31. The van der Waals surface area contributed by atoms with E-state index in [0.29, 0.717) is 19.3 Å². The number of allylic oxidation sites excluding steroid dienone is 18. The predicted molar refractivity (Wildman–Crippen MR) is 283 cm³/mol. The van der Waals surface area contributed by atoms with E-state index in [1.165, 1.54) is 57.8 Å². The van der Waals surface area contributed by atoms with E-state index in [0.717, 1.165) is 135 Å². The molecule has 0 aromatic heterocycles. The van der Waals surface area contributed by atoms with E-state index in [9.17, 15) is 14.4 Å². The molecule has 0 N–H and O–H groups in total. The lowest BCUT2D eigenvalue weighted by Gasteiger charge is -2.18. The van der Waals surface area contributed by atoms with Crippen molar-refractivity contribution < 1.29 is 28.6 Å². The summed E-state index contributed by atoms with van der Waals surface area (Å²) in [6.07, 6.45) is 72.1. The molecule has 66 heavy (non-hydrogen) atoms. The van der Waals surface area contributed by atoms with E-state index in [1.807, 2.05) is 0 Å². The number of rotatable bonds is 47. The Hall–Kier alpha value is -3.93. The third-order valence-electron chi connectivity index (χ3n) is 11.0. The predicted octanol–water partition coefficient (Wildman–Crippen LogP) is 17.9. The van der Waals surface area contributed by atoms with Gasteiger partial charge in [0.2, 0.25) is 0 Å². The van der Waals surface area contributed by atoms with Crippen molar-refractivity contribution in [3.8, 4) is 0 Å². The van der Waals surface area contributed by atoms with Crippen LogP contribution in [0.15, 0.2) is 109 Å². The van der Waals surface area contributed by atoms with Crippen LogP contribution >= 0.6 is 0 Å². The zero-order valence-electron chi connectivity index (χ0n) is 42.7. The summed E-state index contributed by atoms with van der Waals surface area (Å²) in [5.74, 6) is -0.981. The van der Waals surface area contributed by atoms with Crippen molar-refractivity contribution in [3.63, 3.8) is 0 Å². The second kappa shape index (κ2) is 53.7. The topological polar surface area (TPSA) is 78.9 Å². The number of carbonyl (C=O) groups excluding carboxylic acids is 3. The number of hydrogen-bond acceptors (Lipinski definition) is 6. The second-order valence-corrected chi connectivity index (χ2v) is 17.4. The van der Waals surface area contributed by atoms with Crippen LogP contribution in [-0.2, 0) is 28.6 Å². The normalized spacial score (nSPS) is 13.0. The molecule has 0 aromatic carbocycles. The second-order valence-electron chi connectivity index (χ2n) is 17.4. The molecule has 1 unspecified atom stereocenters. The Morgan fingerprint density at radius 3 is 1.03 bits per heavy atom. The minimum atomic E-state index is -0.811. The van der Waals surface area contributed by atoms with Crippen molar-refractivity contribution in [2.75, 3.05) is 13.2 Å². The summed E-state index contributed by atoms with van der Waals surface area (Å²) in [4.78, 5) is 38.1. The van der Waals surface area contributed by atoms with E-state index in [-0.39, 0.29) is 31.1 Å². The fourth-order valence-corrected chi connectivity index (χ4v) is 7.03. The Bertz CT molecular complexity index is 1370. The van der Waals surface area contributed by atoms with Gasteiger partial charge in [0.1, 0.15) is 13.2 Å². The Balaban J connectivity index is 4.52. The molecule has 374 valence electrons. The fourth-order valence-electron chi connectivity index (χ4n) is 7.03. The van der Waals surface area contributed by atoms with Crippen LogP contribution in [0, 0.1) is 0 Å². The molecule has 1 atom stereocenters. The first kappa shape index (κ1) is 62.1. The summed E-state index contributed by atoms with van der Waals surface area (Å²) in [6, 6.07) is 0. The molecular formula is C60H98O6. The van der Waals surface area contributed by atoms with Crippen molar-refractivity contribution in [1.82, 2.24) is 0 Å². The van der Waals surface area contributed by atoms with Crippen LogP contribution in [0.25, 0.3) is 0 Å². The molecule has 0 rings (SSSR count). The molecular weight excluding hydrogens is 817 g/mol. The molecule has 0 fully saturated rings. The molecule has 6 heteroatoms. The number of hydrogen-bond donors (Lipinski definition) is 0. The number of ether oxygens (including phenoxy) is 3. The van der Waals surface area contributed by atoms with Gasteiger partial charge in [-0.15, -0.1) is 0 Å². The molecule has 0 amide bonds. The van der Waals surface area contributed by atoms with Crippen LogP contribution in [0.5, 0.6) is 0 Å². The van der Waals surface area contributed by atoms with Crippen LogP contribution < -0.4 is 0 Å². The van der Waals surface area contributed by atoms with Gasteiger partial charge in [0.15, 0.2) is 6.10 Å². The third kappa shape index (κ3) is 51.1.